The van der Waals surface area contributed by atoms with Crippen LogP contribution in [-0.4, -0.2) is 38.7 Å². The third-order valence-corrected chi connectivity index (χ3v) is 4.84. The predicted molar refractivity (Wildman–Crippen MR) is 92.6 cm³/mol. The SMILES string of the molecule is C[C@@H](Sc1nnc(CN2CCCC2=O)o1)C(=O)NCc1ccccc1. The average Bonchev–Trinajstić information content (AvgIpc) is 3.23. The number of aromatic nitrogens is 2. The van der Waals surface area contributed by atoms with Gasteiger partial charge in [-0.2, -0.15) is 0 Å². The van der Waals surface area contributed by atoms with Gasteiger partial charge in [-0.3, -0.25) is 9.59 Å². The van der Waals surface area contributed by atoms with Gasteiger partial charge >= 0.3 is 0 Å². The molecule has 0 saturated carbocycles. The number of nitrogens with zero attached hydrogens (tertiary/aromatic N) is 3. The van der Waals surface area contributed by atoms with Crippen LogP contribution >= 0.6 is 11.8 Å². The molecule has 1 fully saturated rings. The fraction of sp³-hybridized carbons (Fsp3) is 0.412. The molecule has 1 aliphatic heterocycles. The number of rotatable bonds is 7. The second kappa shape index (κ2) is 8.15. The van der Waals surface area contributed by atoms with Crippen molar-refractivity contribution in [2.45, 2.75) is 43.3 Å². The summed E-state index contributed by atoms with van der Waals surface area (Å²) in [6.07, 6.45) is 1.45. The summed E-state index contributed by atoms with van der Waals surface area (Å²) in [5.41, 5.74) is 1.04. The Kier molecular flexibility index (Phi) is 5.70. The van der Waals surface area contributed by atoms with Gasteiger partial charge in [0.15, 0.2) is 0 Å². The molecule has 1 N–H and O–H groups in total. The van der Waals surface area contributed by atoms with Crippen molar-refractivity contribution < 1.29 is 14.0 Å². The lowest BCUT2D eigenvalue weighted by molar-refractivity contribution is -0.128. The van der Waals surface area contributed by atoms with Crippen molar-refractivity contribution in [3.63, 3.8) is 0 Å². The van der Waals surface area contributed by atoms with E-state index in [0.29, 0.717) is 30.6 Å². The van der Waals surface area contributed by atoms with E-state index in [9.17, 15) is 9.59 Å². The normalized spacial score (nSPS) is 15.4. The van der Waals surface area contributed by atoms with Crippen LogP contribution in [0.25, 0.3) is 0 Å². The van der Waals surface area contributed by atoms with Gasteiger partial charge in [0.25, 0.3) is 5.22 Å². The molecule has 132 valence electrons. The zero-order valence-electron chi connectivity index (χ0n) is 14.0. The fourth-order valence-electron chi connectivity index (χ4n) is 2.52. The largest absolute Gasteiger partial charge is 0.414 e. The van der Waals surface area contributed by atoms with Crippen LogP contribution in [0.3, 0.4) is 0 Å². The van der Waals surface area contributed by atoms with Gasteiger partial charge in [-0.1, -0.05) is 42.1 Å². The molecule has 1 atom stereocenters. The standard InChI is InChI=1S/C17H20N4O3S/c1-12(16(23)18-10-13-6-3-2-4-7-13)25-17-20-19-14(24-17)11-21-9-5-8-15(21)22/h2-4,6-7,12H,5,8-11H2,1H3,(H,18,23)/t12-/m1/s1. The maximum absolute atomic E-state index is 12.2. The van der Waals surface area contributed by atoms with Gasteiger partial charge in [0.1, 0.15) is 0 Å². The highest BCUT2D eigenvalue weighted by Gasteiger charge is 2.23. The van der Waals surface area contributed by atoms with Crippen LogP contribution in [0.2, 0.25) is 0 Å². The zero-order valence-corrected chi connectivity index (χ0v) is 14.8. The number of thioether (sulfide) groups is 1. The van der Waals surface area contributed by atoms with Crippen LogP contribution in [0.4, 0.5) is 0 Å². The third kappa shape index (κ3) is 4.82. The molecule has 0 spiro atoms. The first-order valence-electron chi connectivity index (χ1n) is 8.20. The van der Waals surface area contributed by atoms with Gasteiger partial charge in [0.05, 0.1) is 11.8 Å². The molecule has 2 amide bonds. The first-order chi connectivity index (χ1) is 12.1. The number of hydrogen-bond donors (Lipinski definition) is 1. The molecule has 3 rings (SSSR count). The summed E-state index contributed by atoms with van der Waals surface area (Å²) in [7, 11) is 0. The Labute approximate surface area is 150 Å². The minimum absolute atomic E-state index is 0.0941. The van der Waals surface area contributed by atoms with Crippen molar-refractivity contribution in [1.82, 2.24) is 20.4 Å². The van der Waals surface area contributed by atoms with Gasteiger partial charge < -0.3 is 14.6 Å². The fourth-order valence-corrected chi connectivity index (χ4v) is 3.24. The lowest BCUT2D eigenvalue weighted by Crippen LogP contribution is -2.30. The Bertz CT molecular complexity index is 735. The molecular formula is C17H20N4O3S. The van der Waals surface area contributed by atoms with E-state index >= 15 is 0 Å². The molecule has 1 saturated heterocycles. The summed E-state index contributed by atoms with van der Waals surface area (Å²) >= 11 is 1.21. The third-order valence-electron chi connectivity index (χ3n) is 3.90. The van der Waals surface area contributed by atoms with Crippen LogP contribution in [0.15, 0.2) is 40.0 Å². The summed E-state index contributed by atoms with van der Waals surface area (Å²) < 4.78 is 5.54. The van der Waals surface area contributed by atoms with Crippen LogP contribution in [0.1, 0.15) is 31.2 Å². The van der Waals surface area contributed by atoms with Crippen LogP contribution in [0.5, 0.6) is 0 Å². The van der Waals surface area contributed by atoms with E-state index in [2.05, 4.69) is 15.5 Å². The molecule has 0 aliphatic carbocycles. The Morgan fingerprint density at radius 2 is 2.16 bits per heavy atom. The highest BCUT2D eigenvalue weighted by molar-refractivity contribution is 8.00. The summed E-state index contributed by atoms with van der Waals surface area (Å²) in [4.78, 5) is 25.5. The molecule has 25 heavy (non-hydrogen) atoms. The minimum Gasteiger partial charge on any atom is -0.414 e. The van der Waals surface area contributed by atoms with Crippen LogP contribution in [-0.2, 0) is 22.7 Å². The van der Waals surface area contributed by atoms with E-state index in [1.807, 2.05) is 30.3 Å². The van der Waals surface area contributed by atoms with Gasteiger partial charge in [-0.25, -0.2) is 0 Å². The second-order valence-corrected chi connectivity index (χ2v) is 7.14. The first-order valence-corrected chi connectivity index (χ1v) is 9.08. The van der Waals surface area contributed by atoms with Crippen molar-refractivity contribution in [2.75, 3.05) is 6.54 Å². The average molecular weight is 360 g/mol. The maximum atomic E-state index is 12.2. The van der Waals surface area contributed by atoms with E-state index in [1.165, 1.54) is 11.8 Å². The van der Waals surface area contributed by atoms with Gasteiger partial charge in [0, 0.05) is 19.5 Å². The summed E-state index contributed by atoms with van der Waals surface area (Å²) in [6.45, 7) is 3.33. The predicted octanol–water partition coefficient (Wildman–Crippen LogP) is 1.99. The van der Waals surface area contributed by atoms with E-state index in [4.69, 9.17) is 4.42 Å². The number of carbonyl (C=O) groups is 2. The first kappa shape index (κ1) is 17.5. The van der Waals surface area contributed by atoms with Gasteiger partial charge in [-0.15, -0.1) is 10.2 Å². The van der Waals surface area contributed by atoms with Gasteiger partial charge in [0.2, 0.25) is 17.7 Å². The second-order valence-electron chi connectivity index (χ2n) is 5.84. The van der Waals surface area contributed by atoms with Crippen molar-refractivity contribution in [3.05, 3.63) is 41.8 Å². The lowest BCUT2D eigenvalue weighted by Gasteiger charge is -2.11. The van der Waals surface area contributed by atoms with Crippen molar-refractivity contribution in [2.24, 2.45) is 0 Å². The van der Waals surface area contributed by atoms with E-state index < -0.39 is 0 Å². The highest BCUT2D eigenvalue weighted by atomic mass is 32.2. The Morgan fingerprint density at radius 3 is 2.88 bits per heavy atom. The summed E-state index contributed by atoms with van der Waals surface area (Å²) in [6, 6.07) is 9.73. The van der Waals surface area contributed by atoms with E-state index in [-0.39, 0.29) is 17.1 Å². The Morgan fingerprint density at radius 1 is 1.36 bits per heavy atom. The zero-order chi connectivity index (χ0) is 17.6. The topological polar surface area (TPSA) is 88.3 Å². The lowest BCUT2D eigenvalue weighted by atomic mass is 10.2. The molecule has 2 heterocycles. The van der Waals surface area contributed by atoms with Crippen LogP contribution < -0.4 is 5.32 Å². The molecule has 1 aromatic heterocycles. The molecule has 1 aromatic carbocycles. The number of carbonyl (C=O) groups excluding carboxylic acids is 2. The van der Waals surface area contributed by atoms with Crippen molar-refractivity contribution in [3.8, 4) is 0 Å². The quantitative estimate of drug-likeness (QED) is 0.760. The summed E-state index contributed by atoms with van der Waals surface area (Å²) in [5, 5.41) is 10.8. The smallest absolute Gasteiger partial charge is 0.277 e. The highest BCUT2D eigenvalue weighted by Crippen LogP contribution is 2.23. The minimum atomic E-state index is -0.356. The van der Waals surface area contributed by atoms with Crippen LogP contribution in [0, 0.1) is 0 Å². The monoisotopic (exact) mass is 360 g/mol. The molecule has 0 unspecified atom stereocenters. The molecule has 0 radical (unpaired) electrons. The Balaban J connectivity index is 1.48. The maximum Gasteiger partial charge on any atom is 0.277 e. The molecule has 8 heteroatoms. The van der Waals surface area contributed by atoms with E-state index in [0.717, 1.165) is 18.5 Å². The van der Waals surface area contributed by atoms with Crippen molar-refractivity contribution in [1.29, 1.82) is 0 Å². The summed E-state index contributed by atoms with van der Waals surface area (Å²) in [5.74, 6) is 0.416. The molecule has 0 bridgehead atoms. The number of nitrogens with one attached hydrogen (secondary N) is 1. The molecular weight excluding hydrogens is 340 g/mol. The number of hydrogen-bond acceptors (Lipinski definition) is 6. The van der Waals surface area contributed by atoms with E-state index in [1.54, 1.807) is 11.8 Å². The van der Waals surface area contributed by atoms with Crippen molar-refractivity contribution >= 4 is 23.6 Å². The molecule has 1 aliphatic rings. The van der Waals surface area contributed by atoms with Gasteiger partial charge in [-0.05, 0) is 18.9 Å². The number of benzene rings is 1. The number of amides is 2. The number of likely N-dealkylation sites (tertiary alicyclic amines) is 1. The Hall–Kier alpha value is -2.35. The molecule has 2 aromatic rings. The molecule has 7 nitrogen and oxygen atoms in total.